The van der Waals surface area contributed by atoms with E-state index in [4.69, 9.17) is 9.47 Å². The minimum absolute atomic E-state index is 0.0459. The standard InChI is InChI=1S/C19H22O5/c1-12-10-16(24-18(22)14-8-6-5-7-9-14)17(23-13(2)20)19(3,4)11-15(12)21/h5-10,16-17H,11H2,1-4H3. The molecule has 1 aromatic carbocycles. The molecule has 2 unspecified atom stereocenters. The summed E-state index contributed by atoms with van der Waals surface area (Å²) in [5.41, 5.74) is 0.251. The summed E-state index contributed by atoms with van der Waals surface area (Å²) < 4.78 is 11.0. The van der Waals surface area contributed by atoms with Gasteiger partial charge >= 0.3 is 11.9 Å². The lowest BCUT2D eigenvalue weighted by Gasteiger charge is -2.35. The molecule has 1 aliphatic carbocycles. The number of hydrogen-bond donors (Lipinski definition) is 0. The van der Waals surface area contributed by atoms with Crippen LogP contribution in [0, 0.1) is 5.41 Å². The van der Waals surface area contributed by atoms with Gasteiger partial charge < -0.3 is 9.47 Å². The predicted octanol–water partition coefficient (Wildman–Crippen LogP) is 3.09. The lowest BCUT2D eigenvalue weighted by molar-refractivity contribution is -0.161. The molecular formula is C19H22O5. The first kappa shape index (κ1) is 17.9. The van der Waals surface area contributed by atoms with E-state index in [2.05, 4.69) is 0 Å². The lowest BCUT2D eigenvalue weighted by Crippen LogP contribution is -2.43. The largest absolute Gasteiger partial charge is 0.458 e. The lowest BCUT2D eigenvalue weighted by atomic mass is 9.80. The first-order valence-corrected chi connectivity index (χ1v) is 7.85. The number of Topliss-reactive ketones (excluding diaryl/α,β-unsaturated/α-hetero) is 1. The summed E-state index contributed by atoms with van der Waals surface area (Å²) in [4.78, 5) is 36.1. The Labute approximate surface area is 141 Å². The fourth-order valence-electron chi connectivity index (χ4n) is 2.79. The van der Waals surface area contributed by atoms with Crippen molar-refractivity contribution >= 4 is 17.7 Å². The number of carbonyl (C=O) groups is 3. The fraction of sp³-hybridized carbons (Fsp3) is 0.421. The summed E-state index contributed by atoms with van der Waals surface area (Å²) in [7, 11) is 0. The van der Waals surface area contributed by atoms with E-state index < -0.39 is 29.6 Å². The maximum Gasteiger partial charge on any atom is 0.338 e. The molecule has 0 radical (unpaired) electrons. The van der Waals surface area contributed by atoms with Crippen molar-refractivity contribution in [3.8, 4) is 0 Å². The summed E-state index contributed by atoms with van der Waals surface area (Å²) in [6.07, 6.45) is 0.241. The molecule has 0 N–H and O–H groups in total. The van der Waals surface area contributed by atoms with Crippen LogP contribution in [0.1, 0.15) is 44.5 Å². The van der Waals surface area contributed by atoms with Crippen LogP contribution in [-0.4, -0.2) is 29.9 Å². The Bertz CT molecular complexity index is 672. The minimum atomic E-state index is -0.817. The number of ketones is 1. The van der Waals surface area contributed by atoms with Crippen LogP contribution >= 0.6 is 0 Å². The van der Waals surface area contributed by atoms with Crippen LogP contribution in [0.25, 0.3) is 0 Å². The molecule has 1 aromatic rings. The monoisotopic (exact) mass is 330 g/mol. The zero-order valence-electron chi connectivity index (χ0n) is 14.4. The molecule has 1 aliphatic rings. The van der Waals surface area contributed by atoms with E-state index in [-0.39, 0.29) is 12.2 Å². The molecule has 0 amide bonds. The molecule has 0 spiro atoms. The molecule has 0 aliphatic heterocycles. The van der Waals surface area contributed by atoms with E-state index in [1.54, 1.807) is 43.3 Å². The molecule has 5 heteroatoms. The fourth-order valence-corrected chi connectivity index (χ4v) is 2.79. The van der Waals surface area contributed by atoms with E-state index in [0.29, 0.717) is 11.1 Å². The topological polar surface area (TPSA) is 69.7 Å². The highest BCUT2D eigenvalue weighted by molar-refractivity contribution is 5.96. The Kier molecular flexibility index (Phi) is 5.22. The highest BCUT2D eigenvalue weighted by Gasteiger charge is 2.43. The Morgan fingerprint density at radius 1 is 1.12 bits per heavy atom. The number of ether oxygens (including phenoxy) is 2. The van der Waals surface area contributed by atoms with Crippen LogP contribution in [0.3, 0.4) is 0 Å². The molecular weight excluding hydrogens is 308 g/mol. The normalized spacial score (nSPS) is 23.0. The number of esters is 2. The third kappa shape index (κ3) is 4.10. The zero-order chi connectivity index (χ0) is 17.9. The average molecular weight is 330 g/mol. The molecule has 0 bridgehead atoms. The van der Waals surface area contributed by atoms with Crippen molar-refractivity contribution in [2.75, 3.05) is 0 Å². The van der Waals surface area contributed by atoms with Gasteiger partial charge in [0.15, 0.2) is 11.9 Å². The van der Waals surface area contributed by atoms with Gasteiger partial charge in [0.1, 0.15) is 6.10 Å². The van der Waals surface area contributed by atoms with Gasteiger partial charge in [-0.1, -0.05) is 32.0 Å². The van der Waals surface area contributed by atoms with Crippen molar-refractivity contribution in [3.63, 3.8) is 0 Å². The Hall–Kier alpha value is -2.43. The van der Waals surface area contributed by atoms with Crippen molar-refractivity contribution in [1.82, 2.24) is 0 Å². The van der Waals surface area contributed by atoms with Crippen molar-refractivity contribution in [2.24, 2.45) is 5.41 Å². The van der Waals surface area contributed by atoms with Crippen molar-refractivity contribution in [3.05, 3.63) is 47.5 Å². The third-order valence-corrected chi connectivity index (χ3v) is 4.08. The van der Waals surface area contributed by atoms with E-state index in [1.165, 1.54) is 6.92 Å². The molecule has 128 valence electrons. The van der Waals surface area contributed by atoms with Gasteiger partial charge in [-0.2, -0.15) is 0 Å². The Balaban J connectivity index is 2.35. The zero-order valence-corrected chi connectivity index (χ0v) is 14.4. The van der Waals surface area contributed by atoms with Gasteiger partial charge in [-0.25, -0.2) is 4.79 Å². The van der Waals surface area contributed by atoms with Crippen LogP contribution < -0.4 is 0 Å². The predicted molar refractivity (Wildman–Crippen MR) is 88.4 cm³/mol. The van der Waals surface area contributed by atoms with E-state index in [1.807, 2.05) is 13.8 Å². The number of rotatable bonds is 3. The number of allylic oxidation sites excluding steroid dienone is 1. The smallest absolute Gasteiger partial charge is 0.338 e. The van der Waals surface area contributed by atoms with Crippen molar-refractivity contribution in [2.45, 2.75) is 46.3 Å². The summed E-state index contributed by atoms with van der Waals surface area (Å²) in [6, 6.07) is 8.57. The maximum absolute atomic E-state index is 12.4. The second-order valence-electron chi connectivity index (χ2n) is 6.70. The number of benzene rings is 1. The first-order valence-electron chi connectivity index (χ1n) is 7.85. The summed E-state index contributed by atoms with van der Waals surface area (Å²) in [5, 5.41) is 0. The molecule has 0 fully saturated rings. The Morgan fingerprint density at radius 3 is 2.33 bits per heavy atom. The van der Waals surface area contributed by atoms with Gasteiger partial charge in [0.2, 0.25) is 0 Å². The summed E-state index contributed by atoms with van der Waals surface area (Å²) in [6.45, 7) is 6.63. The van der Waals surface area contributed by atoms with Gasteiger partial charge in [-0.3, -0.25) is 9.59 Å². The van der Waals surface area contributed by atoms with Gasteiger partial charge in [-0.15, -0.1) is 0 Å². The molecule has 0 heterocycles. The van der Waals surface area contributed by atoms with E-state index >= 15 is 0 Å². The van der Waals surface area contributed by atoms with Crippen LogP contribution in [0.5, 0.6) is 0 Å². The quantitative estimate of drug-likeness (QED) is 0.797. The Morgan fingerprint density at radius 2 is 1.75 bits per heavy atom. The minimum Gasteiger partial charge on any atom is -0.458 e. The van der Waals surface area contributed by atoms with Crippen molar-refractivity contribution in [1.29, 1.82) is 0 Å². The van der Waals surface area contributed by atoms with Crippen LogP contribution in [-0.2, 0) is 19.1 Å². The van der Waals surface area contributed by atoms with Gasteiger partial charge in [0, 0.05) is 18.8 Å². The van der Waals surface area contributed by atoms with E-state index in [9.17, 15) is 14.4 Å². The molecule has 0 aromatic heterocycles. The average Bonchev–Trinajstić information content (AvgIpc) is 2.58. The van der Waals surface area contributed by atoms with Crippen LogP contribution in [0.15, 0.2) is 42.0 Å². The van der Waals surface area contributed by atoms with Gasteiger partial charge in [0.05, 0.1) is 5.56 Å². The second-order valence-corrected chi connectivity index (χ2v) is 6.70. The number of hydrogen-bond acceptors (Lipinski definition) is 5. The second kappa shape index (κ2) is 6.99. The first-order chi connectivity index (χ1) is 11.2. The molecule has 2 atom stereocenters. The number of carbonyl (C=O) groups excluding carboxylic acids is 3. The van der Waals surface area contributed by atoms with Crippen LogP contribution in [0.2, 0.25) is 0 Å². The molecule has 24 heavy (non-hydrogen) atoms. The maximum atomic E-state index is 12.4. The van der Waals surface area contributed by atoms with Gasteiger partial charge in [0.25, 0.3) is 0 Å². The highest BCUT2D eigenvalue weighted by atomic mass is 16.6. The van der Waals surface area contributed by atoms with Crippen molar-refractivity contribution < 1.29 is 23.9 Å². The summed E-state index contributed by atoms with van der Waals surface area (Å²) >= 11 is 0. The SMILES string of the molecule is CC(=O)OC1C(OC(=O)c2ccccc2)C=C(C)C(=O)CC1(C)C. The molecule has 0 saturated carbocycles. The van der Waals surface area contributed by atoms with Gasteiger partial charge in [-0.05, 0) is 30.7 Å². The molecule has 5 nitrogen and oxygen atoms in total. The molecule has 0 saturated heterocycles. The van der Waals surface area contributed by atoms with E-state index in [0.717, 1.165) is 0 Å². The summed E-state index contributed by atoms with van der Waals surface area (Å²) in [5.74, 6) is -1.04. The highest BCUT2D eigenvalue weighted by Crippen LogP contribution is 2.36. The third-order valence-electron chi connectivity index (χ3n) is 4.08. The molecule has 2 rings (SSSR count). The van der Waals surface area contributed by atoms with Crippen LogP contribution in [0.4, 0.5) is 0 Å².